The van der Waals surface area contributed by atoms with E-state index in [-0.39, 0.29) is 81.9 Å². The quantitative estimate of drug-likeness (QED) is 0.279. The third-order valence-corrected chi connectivity index (χ3v) is 3.16. The van der Waals surface area contributed by atoms with Crippen molar-refractivity contribution in [2.45, 2.75) is 39.5 Å². The Morgan fingerprint density at radius 1 is 1.00 bits per heavy atom. The molecule has 124 valence electrons. The zero-order valence-corrected chi connectivity index (χ0v) is 19.5. The van der Waals surface area contributed by atoms with Gasteiger partial charge in [-0.1, -0.05) is 45.9 Å². The summed E-state index contributed by atoms with van der Waals surface area (Å²) in [6.45, 7) is 7.46. The van der Waals surface area contributed by atoms with Gasteiger partial charge < -0.3 is 34.6 Å². The molecule has 0 radical (unpaired) electrons. The fraction of sp³-hybridized carbons (Fsp3) is 0.538. The van der Waals surface area contributed by atoms with Crippen molar-refractivity contribution >= 4 is 7.82 Å². The van der Waals surface area contributed by atoms with E-state index in [4.69, 9.17) is 4.74 Å². The fourth-order valence-electron chi connectivity index (χ4n) is 1.80. The van der Waals surface area contributed by atoms with Crippen LogP contribution >= 0.6 is 7.82 Å². The minimum absolute atomic E-state index is 0. The largest absolute Gasteiger partial charge is 1.00 e. The van der Waals surface area contributed by atoms with Gasteiger partial charge in [0.2, 0.25) is 0 Å². The Morgan fingerprint density at radius 2 is 1.39 bits per heavy atom. The number of hydrogen-bond donors (Lipinski definition) is 0. The molecular formula is C13H23Na2O7P. The third kappa shape index (κ3) is 11.3. The first-order chi connectivity index (χ1) is 8.72. The van der Waals surface area contributed by atoms with E-state index in [1.165, 1.54) is 0 Å². The maximum absolute atomic E-state index is 10.4. The van der Waals surface area contributed by atoms with Crippen molar-refractivity contribution in [1.82, 2.24) is 0 Å². The zero-order valence-electron chi connectivity index (χ0n) is 14.6. The molecule has 0 amide bonds. The third-order valence-electron chi connectivity index (χ3n) is 2.73. The molecule has 0 bridgehead atoms. The minimum Gasteiger partial charge on any atom is -0.790 e. The van der Waals surface area contributed by atoms with Crippen molar-refractivity contribution in [3.63, 3.8) is 0 Å². The van der Waals surface area contributed by atoms with Gasteiger partial charge in [0.25, 0.3) is 0 Å². The van der Waals surface area contributed by atoms with Crippen molar-refractivity contribution in [3.8, 4) is 5.75 Å². The van der Waals surface area contributed by atoms with E-state index in [9.17, 15) is 14.4 Å². The number of phosphoric acid groups is 1. The number of para-hydroxylation sites is 1. The van der Waals surface area contributed by atoms with Crippen molar-refractivity contribution < 1.29 is 93.7 Å². The van der Waals surface area contributed by atoms with Gasteiger partial charge in [-0.2, -0.15) is 0 Å². The molecule has 0 fully saturated rings. The van der Waals surface area contributed by atoms with E-state index in [1.54, 1.807) is 0 Å². The van der Waals surface area contributed by atoms with Gasteiger partial charge in [-0.25, -0.2) is 0 Å². The molecule has 0 aliphatic carbocycles. The van der Waals surface area contributed by atoms with Crippen LogP contribution in [0, 0.1) is 0 Å². The normalized spacial score (nSPS) is 10.1. The number of phosphoric ester groups is 1. The van der Waals surface area contributed by atoms with Crippen LogP contribution in [-0.2, 0) is 9.09 Å². The van der Waals surface area contributed by atoms with Crippen molar-refractivity contribution in [2.24, 2.45) is 0 Å². The monoisotopic (exact) mass is 368 g/mol. The molecule has 0 unspecified atom stereocenters. The van der Waals surface area contributed by atoms with Crippen LogP contribution in [0.15, 0.2) is 18.2 Å². The van der Waals surface area contributed by atoms with Crippen LogP contribution in [0.1, 0.15) is 50.7 Å². The predicted octanol–water partition coefficient (Wildman–Crippen LogP) is -5.53. The molecule has 10 heteroatoms. The van der Waals surface area contributed by atoms with Crippen LogP contribution in [0.4, 0.5) is 0 Å². The Balaban J connectivity index is -0.000000451. The van der Waals surface area contributed by atoms with Crippen LogP contribution in [0.2, 0.25) is 0 Å². The van der Waals surface area contributed by atoms with E-state index in [2.05, 4.69) is 4.52 Å². The maximum atomic E-state index is 10.4. The smallest absolute Gasteiger partial charge is 0.790 e. The maximum Gasteiger partial charge on any atom is 1.00 e. The van der Waals surface area contributed by atoms with E-state index in [1.807, 2.05) is 45.9 Å². The van der Waals surface area contributed by atoms with Gasteiger partial charge in [-0.3, -0.25) is 0 Å². The van der Waals surface area contributed by atoms with Crippen LogP contribution in [-0.4, -0.2) is 17.7 Å². The van der Waals surface area contributed by atoms with Gasteiger partial charge in [0.15, 0.2) is 6.79 Å². The summed E-state index contributed by atoms with van der Waals surface area (Å²) in [7, 11) is -5.01. The Hall–Kier alpha value is 1.05. The molecule has 0 spiro atoms. The van der Waals surface area contributed by atoms with E-state index < -0.39 is 14.6 Å². The molecule has 0 aromatic heterocycles. The van der Waals surface area contributed by atoms with Crippen molar-refractivity contribution in [1.29, 1.82) is 0 Å². The standard InChI is InChI=1S/C13H21O5P.2Na.2H2O/c1-9(2)11-6-5-7-12(10(3)4)13(11)17-8-18-19(14,15)16;;;;/h5-7,9-10H,8H2,1-4H3,(H2,14,15,16);;;2*1H2/q;2*+1;;/p-2. The first-order valence-electron chi connectivity index (χ1n) is 6.14. The molecule has 0 heterocycles. The number of benzene rings is 1. The van der Waals surface area contributed by atoms with E-state index in [0.717, 1.165) is 11.1 Å². The molecule has 4 N–H and O–H groups in total. The predicted molar refractivity (Wildman–Crippen MR) is 76.0 cm³/mol. The first-order valence-corrected chi connectivity index (χ1v) is 7.60. The molecule has 0 atom stereocenters. The van der Waals surface area contributed by atoms with Crippen LogP contribution in [0.3, 0.4) is 0 Å². The summed E-state index contributed by atoms with van der Waals surface area (Å²) in [5.41, 5.74) is 1.92. The van der Waals surface area contributed by atoms with Gasteiger partial charge in [0, 0.05) is 0 Å². The Morgan fingerprint density at radius 3 is 1.70 bits per heavy atom. The van der Waals surface area contributed by atoms with Gasteiger partial charge >= 0.3 is 59.1 Å². The Bertz CT molecular complexity index is 451. The molecule has 1 rings (SSSR count). The molecule has 0 saturated carbocycles. The zero-order chi connectivity index (χ0) is 14.6. The van der Waals surface area contributed by atoms with Crippen LogP contribution < -0.4 is 73.6 Å². The minimum atomic E-state index is -5.01. The molecular weight excluding hydrogens is 345 g/mol. The van der Waals surface area contributed by atoms with E-state index in [0.29, 0.717) is 5.75 Å². The number of ether oxygens (including phenoxy) is 1. The summed E-state index contributed by atoms with van der Waals surface area (Å²) >= 11 is 0. The summed E-state index contributed by atoms with van der Waals surface area (Å²) in [5, 5.41) is 0. The van der Waals surface area contributed by atoms with Gasteiger partial charge in [-0.05, 0) is 23.0 Å². The van der Waals surface area contributed by atoms with Crippen LogP contribution in [0.25, 0.3) is 0 Å². The van der Waals surface area contributed by atoms with E-state index >= 15 is 0 Å². The van der Waals surface area contributed by atoms with Crippen molar-refractivity contribution in [3.05, 3.63) is 29.3 Å². The van der Waals surface area contributed by atoms with Gasteiger partial charge in [0.05, 0.1) is 7.82 Å². The Kier molecular flexibility index (Phi) is 19.7. The molecule has 0 aliphatic heterocycles. The van der Waals surface area contributed by atoms with Crippen molar-refractivity contribution in [2.75, 3.05) is 6.79 Å². The molecule has 7 nitrogen and oxygen atoms in total. The second-order valence-electron chi connectivity index (χ2n) is 4.91. The SMILES string of the molecule is CC(C)c1cccc(C(C)C)c1OCOP(=O)([O-])[O-].O.O.[Na+].[Na+]. The molecule has 0 saturated heterocycles. The summed E-state index contributed by atoms with van der Waals surface area (Å²) in [6.07, 6.45) is 0. The average Bonchev–Trinajstić information content (AvgIpc) is 2.26. The molecule has 0 aliphatic rings. The second-order valence-corrected chi connectivity index (χ2v) is 6.07. The summed E-state index contributed by atoms with van der Waals surface area (Å²) in [4.78, 5) is 20.9. The summed E-state index contributed by atoms with van der Waals surface area (Å²) < 4.78 is 19.9. The molecule has 1 aromatic rings. The summed E-state index contributed by atoms with van der Waals surface area (Å²) in [6, 6.07) is 5.77. The topological polar surface area (TPSA) is 145 Å². The second kappa shape index (κ2) is 14.2. The van der Waals surface area contributed by atoms with Gasteiger partial charge in [0.1, 0.15) is 5.75 Å². The average molecular weight is 368 g/mol. The van der Waals surface area contributed by atoms with Crippen LogP contribution in [0.5, 0.6) is 5.75 Å². The van der Waals surface area contributed by atoms with Gasteiger partial charge in [-0.15, -0.1) is 0 Å². The first kappa shape index (κ1) is 31.8. The Labute approximate surface area is 181 Å². The number of hydrogen-bond acceptors (Lipinski definition) is 5. The fourth-order valence-corrected chi connectivity index (χ4v) is 1.98. The summed E-state index contributed by atoms with van der Waals surface area (Å²) in [5.74, 6) is 1.04. The molecule has 1 aromatic carbocycles. The number of rotatable bonds is 6. The molecule has 23 heavy (non-hydrogen) atoms.